The SMILES string of the molecule is O=C(CC(=O)N/N=C\c1ccccc1Cl)NCc1ccccc1. The van der Waals surface area contributed by atoms with E-state index in [4.69, 9.17) is 11.6 Å². The zero-order chi connectivity index (χ0) is 16.5. The summed E-state index contributed by atoms with van der Waals surface area (Å²) in [4.78, 5) is 23.3. The van der Waals surface area contributed by atoms with E-state index in [-0.39, 0.29) is 12.3 Å². The molecule has 0 aliphatic rings. The minimum Gasteiger partial charge on any atom is -0.352 e. The maximum atomic E-state index is 11.7. The molecule has 2 aromatic carbocycles. The lowest BCUT2D eigenvalue weighted by Gasteiger charge is -2.04. The average molecular weight is 330 g/mol. The first-order valence-electron chi connectivity index (χ1n) is 7.02. The smallest absolute Gasteiger partial charge is 0.249 e. The molecule has 0 atom stereocenters. The molecule has 0 aliphatic carbocycles. The molecule has 23 heavy (non-hydrogen) atoms. The van der Waals surface area contributed by atoms with Gasteiger partial charge in [0.15, 0.2) is 0 Å². The number of amides is 2. The maximum absolute atomic E-state index is 11.7. The zero-order valence-corrected chi connectivity index (χ0v) is 13.1. The van der Waals surface area contributed by atoms with Gasteiger partial charge in [0.05, 0.1) is 6.21 Å². The highest BCUT2D eigenvalue weighted by Crippen LogP contribution is 2.11. The third-order valence-corrected chi connectivity index (χ3v) is 3.30. The van der Waals surface area contributed by atoms with Crippen LogP contribution in [0.25, 0.3) is 0 Å². The first-order valence-corrected chi connectivity index (χ1v) is 7.40. The summed E-state index contributed by atoms with van der Waals surface area (Å²) in [5.74, 6) is -0.849. The molecule has 0 aliphatic heterocycles. The summed E-state index contributed by atoms with van der Waals surface area (Å²) in [7, 11) is 0. The van der Waals surface area contributed by atoms with Gasteiger partial charge in [0.25, 0.3) is 0 Å². The predicted molar refractivity (Wildman–Crippen MR) is 90.1 cm³/mol. The lowest BCUT2D eigenvalue weighted by Crippen LogP contribution is -2.29. The van der Waals surface area contributed by atoms with Crippen molar-refractivity contribution >= 4 is 29.6 Å². The zero-order valence-electron chi connectivity index (χ0n) is 12.3. The van der Waals surface area contributed by atoms with E-state index in [1.807, 2.05) is 36.4 Å². The van der Waals surface area contributed by atoms with Gasteiger partial charge in [0.1, 0.15) is 6.42 Å². The molecule has 5 nitrogen and oxygen atoms in total. The van der Waals surface area contributed by atoms with Crippen molar-refractivity contribution in [3.05, 3.63) is 70.7 Å². The summed E-state index contributed by atoms with van der Waals surface area (Å²) < 4.78 is 0. The van der Waals surface area contributed by atoms with Crippen LogP contribution in [0, 0.1) is 0 Å². The Hall–Kier alpha value is -2.66. The third-order valence-electron chi connectivity index (χ3n) is 2.95. The van der Waals surface area contributed by atoms with E-state index >= 15 is 0 Å². The van der Waals surface area contributed by atoms with Crippen LogP contribution in [0.2, 0.25) is 5.02 Å². The van der Waals surface area contributed by atoms with Crippen molar-refractivity contribution in [2.45, 2.75) is 13.0 Å². The average Bonchev–Trinajstić information content (AvgIpc) is 2.56. The van der Waals surface area contributed by atoms with E-state index in [9.17, 15) is 9.59 Å². The Morgan fingerprint density at radius 3 is 2.43 bits per heavy atom. The molecule has 0 unspecified atom stereocenters. The van der Waals surface area contributed by atoms with Crippen molar-refractivity contribution in [1.82, 2.24) is 10.7 Å². The number of carbonyl (C=O) groups excluding carboxylic acids is 2. The van der Waals surface area contributed by atoms with Crippen molar-refractivity contribution in [1.29, 1.82) is 0 Å². The van der Waals surface area contributed by atoms with E-state index in [1.165, 1.54) is 6.21 Å². The van der Waals surface area contributed by atoms with Gasteiger partial charge in [-0.1, -0.05) is 60.1 Å². The summed E-state index contributed by atoms with van der Waals surface area (Å²) >= 11 is 5.96. The number of nitrogens with zero attached hydrogens (tertiary/aromatic N) is 1. The number of halogens is 1. The van der Waals surface area contributed by atoms with E-state index in [0.717, 1.165) is 5.56 Å². The number of hydrogen-bond donors (Lipinski definition) is 2. The highest BCUT2D eigenvalue weighted by molar-refractivity contribution is 6.33. The molecule has 2 N–H and O–H groups in total. The van der Waals surface area contributed by atoms with Crippen molar-refractivity contribution in [2.24, 2.45) is 5.10 Å². The molecular formula is C17H16ClN3O2. The number of hydrazone groups is 1. The van der Waals surface area contributed by atoms with Gasteiger partial charge in [-0.25, -0.2) is 5.43 Å². The van der Waals surface area contributed by atoms with Gasteiger partial charge in [0, 0.05) is 17.1 Å². The number of carbonyl (C=O) groups is 2. The fourth-order valence-electron chi connectivity index (χ4n) is 1.80. The molecule has 0 saturated carbocycles. The molecule has 0 saturated heterocycles. The molecule has 2 amide bonds. The Kier molecular flexibility index (Phi) is 6.32. The van der Waals surface area contributed by atoms with Crippen molar-refractivity contribution in [3.8, 4) is 0 Å². The molecule has 0 spiro atoms. The second-order valence-corrected chi connectivity index (χ2v) is 5.16. The van der Waals surface area contributed by atoms with E-state index in [1.54, 1.807) is 18.2 Å². The van der Waals surface area contributed by atoms with E-state index in [0.29, 0.717) is 17.1 Å². The number of nitrogens with one attached hydrogen (secondary N) is 2. The van der Waals surface area contributed by atoms with Gasteiger partial charge in [-0.2, -0.15) is 5.10 Å². The van der Waals surface area contributed by atoms with Crippen LogP contribution >= 0.6 is 11.6 Å². The summed E-state index contributed by atoms with van der Waals surface area (Å²) in [6.07, 6.45) is 1.15. The molecule has 0 bridgehead atoms. The Labute approximate surface area is 139 Å². The van der Waals surface area contributed by atoms with Crippen LogP contribution in [-0.2, 0) is 16.1 Å². The summed E-state index contributed by atoms with van der Waals surface area (Å²) in [6.45, 7) is 0.385. The molecular weight excluding hydrogens is 314 g/mol. The lowest BCUT2D eigenvalue weighted by atomic mass is 10.2. The Morgan fingerprint density at radius 2 is 1.70 bits per heavy atom. The van der Waals surface area contributed by atoms with Gasteiger partial charge in [0.2, 0.25) is 11.8 Å². The van der Waals surface area contributed by atoms with E-state index < -0.39 is 5.91 Å². The highest BCUT2D eigenvalue weighted by atomic mass is 35.5. The van der Waals surface area contributed by atoms with Gasteiger partial charge in [-0.15, -0.1) is 0 Å². The first kappa shape index (κ1) is 16.7. The number of rotatable bonds is 6. The normalized spacial score (nSPS) is 10.5. The predicted octanol–water partition coefficient (Wildman–Crippen LogP) is 2.50. The van der Waals surface area contributed by atoms with Gasteiger partial charge < -0.3 is 5.32 Å². The van der Waals surface area contributed by atoms with Gasteiger partial charge in [-0.3, -0.25) is 9.59 Å². The summed E-state index contributed by atoms with van der Waals surface area (Å²) in [5, 5.41) is 6.99. The van der Waals surface area contributed by atoms with Crippen molar-refractivity contribution in [3.63, 3.8) is 0 Å². The summed E-state index contributed by atoms with van der Waals surface area (Å²) in [6, 6.07) is 16.6. The largest absolute Gasteiger partial charge is 0.352 e. The van der Waals surface area contributed by atoms with Crippen LogP contribution in [0.3, 0.4) is 0 Å². The van der Waals surface area contributed by atoms with Crippen LogP contribution in [0.4, 0.5) is 0 Å². The van der Waals surface area contributed by atoms with Crippen molar-refractivity contribution < 1.29 is 9.59 Å². The highest BCUT2D eigenvalue weighted by Gasteiger charge is 2.08. The Balaban J connectivity index is 1.74. The standard InChI is InChI=1S/C17H16ClN3O2/c18-15-9-5-4-8-14(15)12-20-21-17(23)10-16(22)19-11-13-6-2-1-3-7-13/h1-9,12H,10-11H2,(H,19,22)(H,21,23)/b20-12-. The minimum absolute atomic E-state index is 0.285. The monoisotopic (exact) mass is 329 g/mol. The molecule has 0 fully saturated rings. The molecule has 2 aromatic rings. The van der Waals surface area contributed by atoms with Crippen molar-refractivity contribution in [2.75, 3.05) is 0 Å². The molecule has 118 valence electrons. The number of hydrogen-bond acceptors (Lipinski definition) is 3. The van der Waals surface area contributed by atoms with Gasteiger partial charge >= 0.3 is 0 Å². The first-order chi connectivity index (χ1) is 11.1. The molecule has 0 radical (unpaired) electrons. The Bertz CT molecular complexity index is 702. The van der Waals surface area contributed by atoms with Crippen LogP contribution < -0.4 is 10.7 Å². The van der Waals surface area contributed by atoms with Crippen LogP contribution in [0.5, 0.6) is 0 Å². The lowest BCUT2D eigenvalue weighted by molar-refractivity contribution is -0.129. The summed E-state index contributed by atoms with van der Waals surface area (Å²) in [5.41, 5.74) is 3.95. The quantitative estimate of drug-likeness (QED) is 0.485. The maximum Gasteiger partial charge on any atom is 0.249 e. The fraction of sp³-hybridized carbons (Fsp3) is 0.118. The van der Waals surface area contributed by atoms with E-state index in [2.05, 4.69) is 15.8 Å². The second-order valence-electron chi connectivity index (χ2n) is 4.75. The minimum atomic E-state index is -0.487. The van der Waals surface area contributed by atoms with Crippen LogP contribution in [0.1, 0.15) is 17.5 Å². The van der Waals surface area contributed by atoms with Crippen LogP contribution in [0.15, 0.2) is 59.7 Å². The number of benzene rings is 2. The fourth-order valence-corrected chi connectivity index (χ4v) is 1.98. The Morgan fingerprint density at radius 1 is 1.00 bits per heavy atom. The third kappa shape index (κ3) is 5.92. The molecule has 2 rings (SSSR count). The second kappa shape index (κ2) is 8.70. The molecule has 0 aromatic heterocycles. The molecule has 6 heteroatoms. The molecule has 0 heterocycles. The topological polar surface area (TPSA) is 70.6 Å². The van der Waals surface area contributed by atoms with Crippen LogP contribution in [-0.4, -0.2) is 18.0 Å². The van der Waals surface area contributed by atoms with Gasteiger partial charge in [-0.05, 0) is 11.6 Å².